The molecule has 0 unspecified atom stereocenters. The van der Waals surface area contributed by atoms with Crippen molar-refractivity contribution in [1.29, 1.82) is 0 Å². The predicted molar refractivity (Wildman–Crippen MR) is 60.8 cm³/mol. The molecule has 1 amide bonds. The Morgan fingerprint density at radius 1 is 1.41 bits per heavy atom. The molecule has 0 bridgehead atoms. The van der Waals surface area contributed by atoms with E-state index in [1.807, 2.05) is 0 Å². The highest BCUT2D eigenvalue weighted by Gasteiger charge is 2.09. The normalized spacial score (nSPS) is 9.94. The third-order valence-electron chi connectivity index (χ3n) is 2.04. The molecule has 0 saturated carbocycles. The number of nitrogens with one attached hydrogen (secondary N) is 1. The third-order valence-corrected chi connectivity index (χ3v) is 2.04. The summed E-state index contributed by atoms with van der Waals surface area (Å²) in [6.45, 7) is 0. The highest BCUT2D eigenvalue weighted by molar-refractivity contribution is 6.04. The zero-order chi connectivity index (χ0) is 12.3. The van der Waals surface area contributed by atoms with Crippen LogP contribution in [0, 0.1) is 5.82 Å². The van der Waals surface area contributed by atoms with E-state index in [1.54, 1.807) is 12.1 Å². The second-order valence-corrected chi connectivity index (χ2v) is 3.29. The van der Waals surface area contributed by atoms with Gasteiger partial charge in [-0.3, -0.25) is 9.78 Å². The lowest BCUT2D eigenvalue weighted by Gasteiger charge is -2.06. The number of hydrogen-bond acceptors (Lipinski definition) is 4. The van der Waals surface area contributed by atoms with E-state index in [0.717, 1.165) is 12.3 Å². The number of carbonyl (C=O) groups is 1. The van der Waals surface area contributed by atoms with Crippen LogP contribution in [0.15, 0.2) is 36.8 Å². The molecule has 86 valence electrons. The first kappa shape index (κ1) is 11.0. The number of nitrogen functional groups attached to an aromatic ring is 1. The van der Waals surface area contributed by atoms with Crippen molar-refractivity contribution in [3.8, 4) is 0 Å². The molecule has 3 N–H and O–H groups in total. The van der Waals surface area contributed by atoms with E-state index < -0.39 is 11.7 Å². The molecule has 2 aromatic heterocycles. The Kier molecular flexibility index (Phi) is 2.95. The molecule has 17 heavy (non-hydrogen) atoms. The summed E-state index contributed by atoms with van der Waals surface area (Å²) in [7, 11) is 0. The molecule has 0 aliphatic carbocycles. The number of anilines is 2. The topological polar surface area (TPSA) is 80.9 Å². The number of halogens is 1. The van der Waals surface area contributed by atoms with Crippen LogP contribution < -0.4 is 11.1 Å². The number of carbonyl (C=O) groups excluding carboxylic acids is 1. The highest BCUT2D eigenvalue weighted by atomic mass is 19.1. The van der Waals surface area contributed by atoms with E-state index >= 15 is 0 Å². The van der Waals surface area contributed by atoms with Gasteiger partial charge in [0.2, 0.25) is 0 Å². The van der Waals surface area contributed by atoms with Crippen molar-refractivity contribution in [3.05, 3.63) is 48.2 Å². The Morgan fingerprint density at radius 2 is 2.24 bits per heavy atom. The summed E-state index contributed by atoms with van der Waals surface area (Å²) in [6.07, 6.45) is 3.78. The summed E-state index contributed by atoms with van der Waals surface area (Å²) in [5, 5.41) is 2.47. The molecule has 0 fully saturated rings. The van der Waals surface area contributed by atoms with Gasteiger partial charge in [-0.05, 0) is 18.2 Å². The molecule has 0 aliphatic heterocycles. The first-order valence-corrected chi connectivity index (χ1v) is 4.79. The number of rotatable bonds is 2. The highest BCUT2D eigenvalue weighted by Crippen LogP contribution is 2.14. The molecule has 0 radical (unpaired) electrons. The smallest absolute Gasteiger partial charge is 0.258 e. The Labute approximate surface area is 96.5 Å². The number of amides is 1. The van der Waals surface area contributed by atoms with Gasteiger partial charge in [0.15, 0.2) is 5.82 Å². The maximum absolute atomic E-state index is 12.9. The van der Waals surface area contributed by atoms with Gasteiger partial charge in [-0.25, -0.2) is 9.37 Å². The maximum atomic E-state index is 12.9. The Balaban J connectivity index is 2.20. The molecule has 5 nitrogen and oxygen atoms in total. The number of nitrogens with two attached hydrogens (primary N) is 1. The average molecular weight is 232 g/mol. The Hall–Kier alpha value is -2.50. The van der Waals surface area contributed by atoms with E-state index in [0.29, 0.717) is 5.69 Å². The molecule has 0 spiro atoms. The van der Waals surface area contributed by atoms with Crippen LogP contribution in [0.1, 0.15) is 10.4 Å². The van der Waals surface area contributed by atoms with Gasteiger partial charge in [0.05, 0.1) is 17.4 Å². The predicted octanol–water partition coefficient (Wildman–Crippen LogP) is 1.45. The largest absolute Gasteiger partial charge is 0.396 e. The lowest BCUT2D eigenvalue weighted by atomic mass is 10.2. The van der Waals surface area contributed by atoms with Crippen molar-refractivity contribution in [1.82, 2.24) is 9.97 Å². The van der Waals surface area contributed by atoms with Gasteiger partial charge in [-0.1, -0.05) is 0 Å². The van der Waals surface area contributed by atoms with Crippen LogP contribution >= 0.6 is 0 Å². The monoisotopic (exact) mass is 232 g/mol. The standard InChI is InChI=1S/C11H9FN4O/c12-8-4-7(5-14-6-8)11(17)16-10-9(13)2-1-3-15-10/h1-6H,13H2,(H,15,16,17). The van der Waals surface area contributed by atoms with Gasteiger partial charge >= 0.3 is 0 Å². The fourth-order valence-corrected chi connectivity index (χ4v) is 1.24. The van der Waals surface area contributed by atoms with E-state index in [2.05, 4.69) is 15.3 Å². The van der Waals surface area contributed by atoms with Gasteiger partial charge in [-0.15, -0.1) is 0 Å². The summed E-state index contributed by atoms with van der Waals surface area (Å²) >= 11 is 0. The maximum Gasteiger partial charge on any atom is 0.258 e. The zero-order valence-corrected chi connectivity index (χ0v) is 8.72. The lowest BCUT2D eigenvalue weighted by molar-refractivity contribution is 0.102. The molecule has 0 atom stereocenters. The third kappa shape index (κ3) is 2.54. The SMILES string of the molecule is Nc1cccnc1NC(=O)c1cncc(F)c1. The molecule has 2 heterocycles. The molecule has 2 rings (SSSR count). The van der Waals surface area contributed by atoms with Crippen LogP contribution in [-0.2, 0) is 0 Å². The van der Waals surface area contributed by atoms with E-state index in [9.17, 15) is 9.18 Å². The Bertz CT molecular complexity index is 559. The Morgan fingerprint density at radius 3 is 2.94 bits per heavy atom. The molecule has 2 aromatic rings. The van der Waals surface area contributed by atoms with Crippen LogP contribution in [0.5, 0.6) is 0 Å². The molecule has 0 aromatic carbocycles. The molecule has 0 saturated heterocycles. The zero-order valence-electron chi connectivity index (χ0n) is 8.72. The number of nitrogens with zero attached hydrogens (tertiary/aromatic N) is 2. The van der Waals surface area contributed by atoms with Gasteiger partial charge in [0.25, 0.3) is 5.91 Å². The van der Waals surface area contributed by atoms with Crippen molar-refractivity contribution in [2.45, 2.75) is 0 Å². The van der Waals surface area contributed by atoms with Crippen molar-refractivity contribution in [2.75, 3.05) is 11.1 Å². The number of aromatic nitrogens is 2. The molecule has 6 heteroatoms. The van der Waals surface area contributed by atoms with Gasteiger partial charge in [0.1, 0.15) is 5.82 Å². The molecule has 0 aliphatic rings. The summed E-state index contributed by atoms with van der Waals surface area (Å²) < 4.78 is 12.9. The van der Waals surface area contributed by atoms with Crippen LogP contribution in [0.4, 0.5) is 15.9 Å². The van der Waals surface area contributed by atoms with Crippen LogP contribution in [0.2, 0.25) is 0 Å². The summed E-state index contributed by atoms with van der Waals surface area (Å²) in [4.78, 5) is 19.2. The van der Waals surface area contributed by atoms with Gasteiger partial charge in [0, 0.05) is 12.4 Å². The van der Waals surface area contributed by atoms with E-state index in [-0.39, 0.29) is 11.4 Å². The quantitative estimate of drug-likeness (QED) is 0.821. The first-order chi connectivity index (χ1) is 8.16. The minimum Gasteiger partial charge on any atom is -0.396 e. The fraction of sp³-hybridized carbons (Fsp3) is 0. The summed E-state index contributed by atoms with van der Waals surface area (Å²) in [5.41, 5.74) is 6.05. The second-order valence-electron chi connectivity index (χ2n) is 3.29. The van der Waals surface area contributed by atoms with Crippen molar-refractivity contribution in [3.63, 3.8) is 0 Å². The van der Waals surface area contributed by atoms with E-state index in [1.165, 1.54) is 12.4 Å². The lowest BCUT2D eigenvalue weighted by Crippen LogP contribution is -2.14. The van der Waals surface area contributed by atoms with Crippen molar-refractivity contribution < 1.29 is 9.18 Å². The number of pyridine rings is 2. The van der Waals surface area contributed by atoms with Gasteiger partial charge in [-0.2, -0.15) is 0 Å². The van der Waals surface area contributed by atoms with Crippen molar-refractivity contribution in [2.24, 2.45) is 0 Å². The fourth-order valence-electron chi connectivity index (χ4n) is 1.24. The van der Waals surface area contributed by atoms with Crippen LogP contribution in [0.3, 0.4) is 0 Å². The minimum atomic E-state index is -0.577. The van der Waals surface area contributed by atoms with Crippen molar-refractivity contribution >= 4 is 17.4 Å². The van der Waals surface area contributed by atoms with Gasteiger partial charge < -0.3 is 11.1 Å². The first-order valence-electron chi connectivity index (χ1n) is 4.79. The average Bonchev–Trinajstić information content (AvgIpc) is 2.32. The molecular weight excluding hydrogens is 223 g/mol. The van der Waals surface area contributed by atoms with Crippen LogP contribution in [-0.4, -0.2) is 15.9 Å². The second kappa shape index (κ2) is 4.56. The van der Waals surface area contributed by atoms with E-state index in [4.69, 9.17) is 5.73 Å². The molecular formula is C11H9FN4O. The summed E-state index contributed by atoms with van der Waals surface area (Å²) in [6, 6.07) is 4.34. The minimum absolute atomic E-state index is 0.107. The summed E-state index contributed by atoms with van der Waals surface area (Å²) in [5.74, 6) is -0.851. The number of hydrogen-bond donors (Lipinski definition) is 2. The van der Waals surface area contributed by atoms with Crippen LogP contribution in [0.25, 0.3) is 0 Å².